The van der Waals surface area contributed by atoms with E-state index >= 15 is 0 Å². The van der Waals surface area contributed by atoms with Gasteiger partial charge in [0.2, 0.25) is 0 Å². The van der Waals surface area contributed by atoms with Crippen molar-refractivity contribution in [2.24, 2.45) is 67.8 Å². The molecule has 5 aliphatic rings. The van der Waals surface area contributed by atoms with Gasteiger partial charge in [0, 0.05) is 22.6 Å². The number of nitrogens with two attached hydrogens (primary N) is 1. The van der Waals surface area contributed by atoms with Crippen molar-refractivity contribution in [3.05, 3.63) is 36.6 Å². The van der Waals surface area contributed by atoms with Crippen LogP contribution in [0.4, 0.5) is 0 Å². The van der Waals surface area contributed by atoms with E-state index in [1.165, 1.54) is 5.57 Å². The summed E-state index contributed by atoms with van der Waals surface area (Å²) in [6.07, 6.45) is 12.7. The number of hydrogen-bond acceptors (Lipinski definition) is 8. The van der Waals surface area contributed by atoms with Crippen LogP contribution in [0, 0.1) is 62.1 Å². The van der Waals surface area contributed by atoms with Crippen LogP contribution in [0.2, 0.25) is 0 Å². The van der Waals surface area contributed by atoms with Gasteiger partial charge in [0.1, 0.15) is 18.3 Å². The molecule has 7 rings (SSSR count). The fourth-order valence-electron chi connectivity index (χ4n) is 13.0. The van der Waals surface area contributed by atoms with Gasteiger partial charge in [-0.1, -0.05) is 80.9 Å². The number of ether oxygens (including phenoxy) is 2. The summed E-state index contributed by atoms with van der Waals surface area (Å²) < 4.78 is 16.3. The normalized spacial score (nSPS) is 42.2. The number of fused-ring (bicyclic) bond motifs is 3. The molecule has 10 nitrogen and oxygen atoms in total. The molecule has 1 saturated heterocycles. The maximum absolute atomic E-state index is 13.6. The van der Waals surface area contributed by atoms with E-state index in [1.807, 2.05) is 6.07 Å². The van der Waals surface area contributed by atoms with E-state index in [4.69, 9.17) is 25.3 Å². The summed E-state index contributed by atoms with van der Waals surface area (Å²) in [6, 6.07) is 1.72. The Morgan fingerprint density at radius 1 is 1.07 bits per heavy atom. The van der Waals surface area contributed by atoms with Gasteiger partial charge in [-0.2, -0.15) is 5.10 Å². The Labute approximate surface area is 323 Å². The van der Waals surface area contributed by atoms with Gasteiger partial charge >= 0.3 is 5.97 Å². The highest BCUT2D eigenvalue weighted by atomic mass is 16.5. The Balaban J connectivity index is 1.38. The van der Waals surface area contributed by atoms with Gasteiger partial charge in [-0.3, -0.25) is 4.79 Å². The first-order chi connectivity index (χ1) is 25.1. The highest BCUT2D eigenvalue weighted by molar-refractivity contribution is 5.73. The van der Waals surface area contributed by atoms with Crippen LogP contribution >= 0.6 is 0 Å². The molecule has 0 amide bonds. The average Bonchev–Trinajstić information content (AvgIpc) is 3.59. The zero-order valence-corrected chi connectivity index (χ0v) is 35.1. The van der Waals surface area contributed by atoms with Crippen LogP contribution in [0.5, 0.6) is 0 Å². The molecule has 3 saturated carbocycles. The molecule has 3 heterocycles. The number of aromatic nitrogens is 5. The zero-order chi connectivity index (χ0) is 39.4. The van der Waals surface area contributed by atoms with Gasteiger partial charge in [0.15, 0.2) is 5.82 Å². The van der Waals surface area contributed by atoms with E-state index in [0.717, 1.165) is 44.2 Å². The van der Waals surface area contributed by atoms with E-state index in [2.05, 4.69) is 104 Å². The van der Waals surface area contributed by atoms with E-state index in [-0.39, 0.29) is 56.7 Å². The summed E-state index contributed by atoms with van der Waals surface area (Å²) in [5, 5.41) is 16.1. The molecule has 10 heteroatoms. The van der Waals surface area contributed by atoms with Crippen molar-refractivity contribution in [2.75, 3.05) is 13.2 Å². The number of nitrogens with zero attached hydrogens (tertiary/aromatic N) is 5. The third kappa shape index (κ3) is 5.38. The average molecular weight is 745 g/mol. The summed E-state index contributed by atoms with van der Waals surface area (Å²) in [7, 11) is 0. The maximum Gasteiger partial charge on any atom is 0.307 e. The largest absolute Gasteiger partial charge is 0.481 e. The lowest BCUT2D eigenvalue weighted by atomic mass is 9.33. The van der Waals surface area contributed by atoms with Crippen molar-refractivity contribution >= 4 is 5.97 Å². The first kappa shape index (κ1) is 39.5. The molecule has 54 heavy (non-hydrogen) atoms. The molecule has 4 aliphatic carbocycles. The molecule has 0 unspecified atom stereocenters. The Morgan fingerprint density at radius 2 is 1.80 bits per heavy atom. The van der Waals surface area contributed by atoms with Gasteiger partial charge in [0.05, 0.1) is 37.4 Å². The summed E-state index contributed by atoms with van der Waals surface area (Å²) in [5.41, 5.74) is 6.99. The second kappa shape index (κ2) is 12.9. The Hall–Kier alpha value is -2.69. The molecule has 0 spiro atoms. The monoisotopic (exact) mass is 745 g/mol. The van der Waals surface area contributed by atoms with Gasteiger partial charge < -0.3 is 20.3 Å². The molecule has 3 N–H and O–H groups in total. The fraction of sp³-hybridized carbons (Fsp3) is 0.795. The predicted molar refractivity (Wildman–Crippen MR) is 210 cm³/mol. The number of hydrogen-bond donors (Lipinski definition) is 2. The van der Waals surface area contributed by atoms with Gasteiger partial charge in [-0.15, -0.1) is 0 Å². The molecule has 2 aromatic heterocycles. The fourth-order valence-corrected chi connectivity index (χ4v) is 13.0. The van der Waals surface area contributed by atoms with Gasteiger partial charge in [-0.05, 0) is 104 Å². The highest BCUT2D eigenvalue weighted by Crippen LogP contribution is 2.76. The second-order valence-electron chi connectivity index (χ2n) is 21.0. The van der Waals surface area contributed by atoms with Crippen molar-refractivity contribution in [1.29, 1.82) is 0 Å². The SMILES string of the molecule is CC(C)[C@@H](C)[C@@]1(C)CC[C@]2(C)[C@H]3CC[C@H]4[C@]5(C)CO[C@@H](C)[C@@]4(C[C@@H](n4ncnc4-c4ccncn4)[C@@H]5OC[C@](C)(N)C(C)(C)C)C3=CC[C@@]2(C)[C@@H]1C(=O)O. The Kier molecular flexibility index (Phi) is 9.46. The Bertz CT molecular complexity index is 1770. The van der Waals surface area contributed by atoms with Crippen LogP contribution in [-0.4, -0.2) is 66.8 Å². The van der Waals surface area contributed by atoms with Crippen molar-refractivity contribution < 1.29 is 19.4 Å². The molecule has 1 aliphatic heterocycles. The highest BCUT2D eigenvalue weighted by Gasteiger charge is 2.73. The molecule has 298 valence electrons. The third-order valence-corrected chi connectivity index (χ3v) is 17.6. The van der Waals surface area contributed by atoms with E-state index in [1.54, 1.807) is 18.9 Å². The first-order valence-corrected chi connectivity index (χ1v) is 20.7. The summed E-state index contributed by atoms with van der Waals surface area (Å²) in [4.78, 5) is 27.2. The molecule has 2 aromatic rings. The van der Waals surface area contributed by atoms with E-state index in [0.29, 0.717) is 36.8 Å². The zero-order valence-electron chi connectivity index (χ0n) is 35.1. The van der Waals surface area contributed by atoms with Gasteiger partial charge in [0.25, 0.3) is 0 Å². The number of aliphatic carboxylic acids is 1. The molecular formula is C44H68N6O4. The smallest absolute Gasteiger partial charge is 0.307 e. The maximum atomic E-state index is 13.6. The Morgan fingerprint density at radius 3 is 2.43 bits per heavy atom. The predicted octanol–water partition coefficient (Wildman–Crippen LogP) is 8.40. The minimum atomic E-state index is -0.632. The van der Waals surface area contributed by atoms with Crippen molar-refractivity contribution in [3.63, 3.8) is 0 Å². The van der Waals surface area contributed by atoms with Crippen molar-refractivity contribution in [2.45, 2.75) is 145 Å². The van der Waals surface area contributed by atoms with Crippen LogP contribution in [0.25, 0.3) is 11.5 Å². The number of carboxylic acids is 1. The quantitative estimate of drug-likeness (QED) is 0.255. The number of carbonyl (C=O) groups is 1. The molecular weight excluding hydrogens is 677 g/mol. The van der Waals surface area contributed by atoms with Crippen LogP contribution in [0.15, 0.2) is 36.6 Å². The van der Waals surface area contributed by atoms with Crippen LogP contribution in [-0.2, 0) is 14.3 Å². The number of allylic oxidation sites excluding steroid dienone is 1. The molecule has 13 atom stereocenters. The van der Waals surface area contributed by atoms with Crippen LogP contribution < -0.4 is 5.73 Å². The van der Waals surface area contributed by atoms with Crippen molar-refractivity contribution in [1.82, 2.24) is 24.7 Å². The molecule has 2 bridgehead atoms. The molecule has 0 radical (unpaired) electrons. The second-order valence-corrected chi connectivity index (χ2v) is 21.0. The van der Waals surface area contributed by atoms with Crippen LogP contribution in [0.1, 0.15) is 128 Å². The minimum absolute atomic E-state index is 0.0357. The van der Waals surface area contributed by atoms with Crippen molar-refractivity contribution in [3.8, 4) is 11.5 Å². The lowest BCUT2D eigenvalue weighted by Crippen LogP contribution is -2.71. The van der Waals surface area contributed by atoms with Crippen LogP contribution in [0.3, 0.4) is 0 Å². The van der Waals surface area contributed by atoms with E-state index < -0.39 is 17.4 Å². The number of rotatable bonds is 8. The third-order valence-electron chi connectivity index (χ3n) is 17.6. The molecule has 4 fully saturated rings. The summed E-state index contributed by atoms with van der Waals surface area (Å²) >= 11 is 0. The topological polar surface area (TPSA) is 138 Å². The number of carboxylic acid groups (broad SMARTS) is 1. The lowest BCUT2D eigenvalue weighted by Gasteiger charge is -2.72. The summed E-state index contributed by atoms with van der Waals surface area (Å²) in [5.74, 6) is 0.898. The van der Waals surface area contributed by atoms with E-state index in [9.17, 15) is 9.90 Å². The minimum Gasteiger partial charge on any atom is -0.481 e. The summed E-state index contributed by atoms with van der Waals surface area (Å²) in [6.45, 7) is 28.1. The first-order valence-electron chi connectivity index (χ1n) is 20.7. The van der Waals surface area contributed by atoms with Gasteiger partial charge in [-0.25, -0.2) is 19.6 Å². The standard InChI is InChI=1S/C44H68N6O4/c1-26(2)27(3)39(8)18-19-41(10)29-13-14-33-40(9)22-53-28(4)44(33,30(29)15-17-42(41,11)34(39)37(51)52)21-32(35(40)54-23-43(12,45)38(5,6)7)50-36(48-25-49-50)31-16-20-46-24-47-31/h15-16,20,24-29,32-35H,13-14,17-19,21-23,45H2,1-12H3,(H,51,52)/t27-,28+,29+,32-,33+,34-,35+,39-,40+,41-,42+,43+,44+/m1/s1. The molecule has 0 aromatic carbocycles. The lowest BCUT2D eigenvalue weighted by molar-refractivity contribution is -0.274.